The molecule has 1 atom stereocenters. The molecular formula is C19H23N3O6. The number of rotatable bonds is 3. The Balaban J connectivity index is 2.38. The van der Waals surface area contributed by atoms with Gasteiger partial charge in [-0.3, -0.25) is 18.7 Å². The number of aromatic nitrogens is 2. The molecule has 1 aliphatic heterocycles. The van der Waals surface area contributed by atoms with Crippen molar-refractivity contribution in [3.8, 4) is 17.4 Å². The summed E-state index contributed by atoms with van der Waals surface area (Å²) in [5.41, 5.74) is 0.178. The maximum atomic E-state index is 12.9. The molecule has 2 heterocycles. The molecule has 1 unspecified atom stereocenters. The largest absolute Gasteiger partial charge is 0.494 e. The predicted octanol–water partition coefficient (Wildman–Crippen LogP) is 0.301. The molecule has 9 heteroatoms. The number of carbonyl (C=O) groups excluding carboxylic acids is 1. The van der Waals surface area contributed by atoms with Crippen LogP contribution in [-0.4, -0.2) is 45.8 Å². The second kappa shape index (κ2) is 7.06. The molecule has 0 radical (unpaired) electrons. The Bertz CT molecular complexity index is 1070. The standard InChI is InChI=1S/C19H23N3O6/c1-10(23)22-7-6-11-8-13(27-4)14(28-5)9-12(11)16(22)15-17(24)20(2)19(26)21(3)18(15)25/h8-9,16,24H,6-7H2,1-5H3. The van der Waals surface area contributed by atoms with Gasteiger partial charge in [0.2, 0.25) is 11.8 Å². The van der Waals surface area contributed by atoms with E-state index in [0.717, 1.165) is 14.7 Å². The highest BCUT2D eigenvalue weighted by Gasteiger charge is 2.36. The van der Waals surface area contributed by atoms with Gasteiger partial charge in [-0.05, 0) is 29.7 Å². The van der Waals surface area contributed by atoms with E-state index < -0.39 is 23.2 Å². The first-order valence-electron chi connectivity index (χ1n) is 8.73. The Morgan fingerprint density at radius 2 is 1.71 bits per heavy atom. The molecule has 0 saturated carbocycles. The normalized spacial score (nSPS) is 15.9. The number of ether oxygens (including phenoxy) is 2. The number of carbonyl (C=O) groups is 1. The van der Waals surface area contributed by atoms with Gasteiger partial charge in [0.15, 0.2) is 11.5 Å². The van der Waals surface area contributed by atoms with Crippen molar-refractivity contribution in [1.29, 1.82) is 0 Å². The Morgan fingerprint density at radius 1 is 1.11 bits per heavy atom. The second-order valence-electron chi connectivity index (χ2n) is 6.71. The molecule has 28 heavy (non-hydrogen) atoms. The van der Waals surface area contributed by atoms with Crippen molar-refractivity contribution in [2.24, 2.45) is 14.1 Å². The van der Waals surface area contributed by atoms with Crippen molar-refractivity contribution in [3.05, 3.63) is 49.7 Å². The van der Waals surface area contributed by atoms with E-state index in [0.29, 0.717) is 30.0 Å². The van der Waals surface area contributed by atoms with Gasteiger partial charge in [-0.2, -0.15) is 0 Å². The van der Waals surface area contributed by atoms with E-state index in [1.807, 2.05) is 6.07 Å². The monoisotopic (exact) mass is 389 g/mol. The summed E-state index contributed by atoms with van der Waals surface area (Å²) in [5.74, 6) is 0.263. The van der Waals surface area contributed by atoms with Crippen LogP contribution in [-0.2, 0) is 25.3 Å². The smallest absolute Gasteiger partial charge is 0.333 e. The summed E-state index contributed by atoms with van der Waals surface area (Å²) in [7, 11) is 5.73. The molecular weight excluding hydrogens is 366 g/mol. The molecule has 3 rings (SSSR count). The van der Waals surface area contributed by atoms with Crippen molar-refractivity contribution >= 4 is 5.91 Å². The summed E-state index contributed by atoms with van der Waals surface area (Å²) in [6.07, 6.45) is 0.554. The first-order chi connectivity index (χ1) is 13.2. The van der Waals surface area contributed by atoms with E-state index in [9.17, 15) is 19.5 Å². The van der Waals surface area contributed by atoms with Crippen molar-refractivity contribution in [1.82, 2.24) is 14.0 Å². The maximum Gasteiger partial charge on any atom is 0.333 e. The quantitative estimate of drug-likeness (QED) is 0.810. The number of hydrogen-bond donors (Lipinski definition) is 1. The van der Waals surface area contributed by atoms with Crippen LogP contribution in [0.1, 0.15) is 29.7 Å². The molecule has 0 spiro atoms. The van der Waals surface area contributed by atoms with E-state index >= 15 is 0 Å². The summed E-state index contributed by atoms with van der Waals surface area (Å²) < 4.78 is 12.6. The zero-order chi connectivity index (χ0) is 20.7. The third-order valence-electron chi connectivity index (χ3n) is 5.22. The molecule has 0 aliphatic carbocycles. The van der Waals surface area contributed by atoms with Crippen LogP contribution in [0.4, 0.5) is 0 Å². The number of hydrogen-bond acceptors (Lipinski definition) is 6. The number of methoxy groups -OCH3 is 2. The van der Waals surface area contributed by atoms with E-state index in [-0.39, 0.29) is 11.5 Å². The average Bonchev–Trinajstić information content (AvgIpc) is 2.69. The Hall–Kier alpha value is -3.23. The molecule has 1 aromatic heterocycles. The minimum atomic E-state index is -0.855. The van der Waals surface area contributed by atoms with E-state index in [2.05, 4.69) is 0 Å². The fraction of sp³-hybridized carbons (Fsp3) is 0.421. The summed E-state index contributed by atoms with van der Waals surface area (Å²) in [5, 5.41) is 10.6. The summed E-state index contributed by atoms with van der Waals surface area (Å²) in [4.78, 5) is 38.9. The molecule has 0 fully saturated rings. The fourth-order valence-corrected chi connectivity index (χ4v) is 3.70. The van der Waals surface area contributed by atoms with Crippen molar-refractivity contribution in [3.63, 3.8) is 0 Å². The lowest BCUT2D eigenvalue weighted by Gasteiger charge is -2.37. The van der Waals surface area contributed by atoms with Gasteiger partial charge in [0, 0.05) is 27.6 Å². The second-order valence-corrected chi connectivity index (χ2v) is 6.71. The van der Waals surface area contributed by atoms with Crippen LogP contribution in [0, 0.1) is 0 Å². The van der Waals surface area contributed by atoms with Gasteiger partial charge in [-0.25, -0.2) is 4.79 Å². The Kier molecular flexibility index (Phi) is 4.93. The zero-order valence-corrected chi connectivity index (χ0v) is 16.5. The molecule has 1 amide bonds. The first kappa shape index (κ1) is 19.5. The number of aromatic hydroxyl groups is 1. The van der Waals surface area contributed by atoms with Crippen molar-refractivity contribution in [2.45, 2.75) is 19.4 Å². The molecule has 2 aromatic rings. The van der Waals surface area contributed by atoms with E-state index in [4.69, 9.17) is 9.47 Å². The third kappa shape index (κ3) is 2.83. The molecule has 0 bridgehead atoms. The first-order valence-corrected chi connectivity index (χ1v) is 8.73. The highest BCUT2D eigenvalue weighted by molar-refractivity contribution is 5.75. The molecule has 1 aromatic carbocycles. The van der Waals surface area contributed by atoms with E-state index in [1.165, 1.54) is 40.1 Å². The zero-order valence-electron chi connectivity index (χ0n) is 16.5. The number of amides is 1. The van der Waals surface area contributed by atoms with Crippen molar-refractivity contribution in [2.75, 3.05) is 20.8 Å². The van der Waals surface area contributed by atoms with Crippen LogP contribution < -0.4 is 20.7 Å². The molecule has 0 saturated heterocycles. The molecule has 150 valence electrons. The molecule has 1 N–H and O–H groups in total. The minimum Gasteiger partial charge on any atom is -0.494 e. The van der Waals surface area contributed by atoms with Gasteiger partial charge in [0.25, 0.3) is 5.56 Å². The number of benzene rings is 1. The highest BCUT2D eigenvalue weighted by atomic mass is 16.5. The van der Waals surface area contributed by atoms with Gasteiger partial charge in [0.05, 0.1) is 20.3 Å². The van der Waals surface area contributed by atoms with Gasteiger partial charge in [-0.15, -0.1) is 0 Å². The van der Waals surface area contributed by atoms with Crippen molar-refractivity contribution < 1.29 is 19.4 Å². The maximum absolute atomic E-state index is 12.9. The lowest BCUT2D eigenvalue weighted by Crippen LogP contribution is -2.45. The summed E-state index contributed by atoms with van der Waals surface area (Å²) in [6, 6.07) is 2.66. The van der Waals surface area contributed by atoms with Gasteiger partial charge < -0.3 is 19.5 Å². The molecule has 1 aliphatic rings. The van der Waals surface area contributed by atoms with Gasteiger partial charge in [-0.1, -0.05) is 0 Å². The van der Waals surface area contributed by atoms with Crippen LogP contribution >= 0.6 is 0 Å². The van der Waals surface area contributed by atoms with Crippen LogP contribution in [0.25, 0.3) is 0 Å². The number of nitrogens with zero attached hydrogens (tertiary/aromatic N) is 3. The van der Waals surface area contributed by atoms with Crippen LogP contribution in [0.2, 0.25) is 0 Å². The van der Waals surface area contributed by atoms with Gasteiger partial charge >= 0.3 is 5.69 Å². The highest BCUT2D eigenvalue weighted by Crippen LogP contribution is 2.41. The SMILES string of the molecule is COc1cc2c(cc1OC)C(c1c(O)n(C)c(=O)n(C)c1=O)N(C(C)=O)CC2. The lowest BCUT2D eigenvalue weighted by molar-refractivity contribution is -0.130. The van der Waals surface area contributed by atoms with Crippen LogP contribution in [0.15, 0.2) is 21.7 Å². The topological polar surface area (TPSA) is 103 Å². The number of fused-ring (bicyclic) bond motifs is 1. The van der Waals surface area contributed by atoms with Crippen LogP contribution in [0.5, 0.6) is 17.4 Å². The Labute approximate surface area is 161 Å². The van der Waals surface area contributed by atoms with Gasteiger partial charge in [0.1, 0.15) is 5.56 Å². The fourth-order valence-electron chi connectivity index (χ4n) is 3.70. The molecule has 9 nitrogen and oxygen atoms in total. The predicted molar refractivity (Wildman–Crippen MR) is 101 cm³/mol. The minimum absolute atomic E-state index is 0.0343. The summed E-state index contributed by atoms with van der Waals surface area (Å²) >= 11 is 0. The van der Waals surface area contributed by atoms with Crippen LogP contribution in [0.3, 0.4) is 0 Å². The average molecular weight is 389 g/mol. The van der Waals surface area contributed by atoms with E-state index in [1.54, 1.807) is 6.07 Å². The summed E-state index contributed by atoms with van der Waals surface area (Å²) in [6.45, 7) is 1.76. The Morgan fingerprint density at radius 3 is 2.29 bits per heavy atom. The lowest BCUT2D eigenvalue weighted by atomic mass is 9.88. The third-order valence-corrected chi connectivity index (χ3v) is 5.22.